The maximum absolute atomic E-state index is 4.75. The van der Waals surface area contributed by atoms with E-state index in [1.807, 2.05) is 0 Å². The molecule has 0 bridgehead atoms. The van der Waals surface area contributed by atoms with E-state index in [2.05, 4.69) is 91.1 Å². The van der Waals surface area contributed by atoms with E-state index in [0.29, 0.717) is 0 Å². The van der Waals surface area contributed by atoms with Crippen LogP contribution in [0.2, 0.25) is 4.47 Å². The van der Waals surface area contributed by atoms with E-state index in [1.54, 1.807) is 0 Å². The molecule has 1 nitrogen and oxygen atoms in total. The van der Waals surface area contributed by atoms with Gasteiger partial charge in [-0.15, -0.1) is 0 Å². The Morgan fingerprint density at radius 3 is 2.19 bits per heavy atom. The van der Waals surface area contributed by atoms with E-state index in [9.17, 15) is 0 Å². The van der Waals surface area contributed by atoms with E-state index in [-0.39, 0.29) is 20.9 Å². The maximum atomic E-state index is 4.75. The van der Waals surface area contributed by atoms with Crippen LogP contribution in [-0.4, -0.2) is 33.7 Å². The minimum atomic E-state index is -0.124. The molecule has 5 rings (SSSR count). The predicted molar refractivity (Wildman–Crippen MR) is 119 cm³/mol. The molecule has 0 aliphatic rings. The zero-order valence-electron chi connectivity index (χ0n) is 14.9. The van der Waals surface area contributed by atoms with Crippen molar-refractivity contribution in [1.29, 1.82) is 0 Å². The van der Waals surface area contributed by atoms with Crippen molar-refractivity contribution < 1.29 is 0 Å². The van der Waals surface area contributed by atoms with Gasteiger partial charge >= 0.3 is 170 Å². The first-order valence-electron chi connectivity index (χ1n) is 9.24. The quantitative estimate of drug-likeness (QED) is 0.143. The van der Waals surface area contributed by atoms with Crippen molar-refractivity contribution in [3.63, 3.8) is 0 Å². The molecule has 0 radical (unpaired) electrons. The molecule has 0 saturated heterocycles. The molecule has 27 heavy (non-hydrogen) atoms. The van der Waals surface area contributed by atoms with Crippen LogP contribution in [-0.2, 0) is 0 Å². The fourth-order valence-corrected chi connectivity index (χ4v) is 6.00. The molecular weight excluding hydrogens is 442 g/mol. The average molecular weight is 461 g/mol. The van der Waals surface area contributed by atoms with Crippen LogP contribution in [0.3, 0.4) is 0 Å². The summed E-state index contributed by atoms with van der Waals surface area (Å²) in [5.74, 6) is 0. The van der Waals surface area contributed by atoms with E-state index in [1.165, 1.54) is 46.0 Å². The van der Waals surface area contributed by atoms with Crippen molar-refractivity contribution in [2.45, 2.75) is 4.47 Å². The van der Waals surface area contributed by atoms with Crippen molar-refractivity contribution in [3.05, 3.63) is 90.5 Å². The Morgan fingerprint density at radius 1 is 0.667 bits per heavy atom. The normalized spacial score (nSPS) is 12.0. The molecule has 130 valence electrons. The predicted octanol–water partition coefficient (Wildman–Crippen LogP) is 5.45. The van der Waals surface area contributed by atoms with Crippen LogP contribution in [0.15, 0.2) is 89.9 Å². The number of hydrogen-bond acceptors (Lipinski definition) is 1. The molecule has 5 aromatic carbocycles. The number of nitrogens with zero attached hydrogens (tertiary/aromatic N) is 1. The van der Waals surface area contributed by atoms with Gasteiger partial charge in [0.1, 0.15) is 0 Å². The summed E-state index contributed by atoms with van der Waals surface area (Å²) in [6, 6.07) is 30.8. The fraction of sp³-hybridized carbons (Fsp3) is 0.0800. The topological polar surface area (TPSA) is 12.4 Å². The van der Waals surface area contributed by atoms with E-state index < -0.39 is 0 Å². The molecule has 0 saturated carbocycles. The number of hydrogen-bond donors (Lipinski definition) is 0. The average Bonchev–Trinajstić information content (AvgIpc) is 2.73. The van der Waals surface area contributed by atoms with Crippen LogP contribution >= 0.6 is 0 Å². The van der Waals surface area contributed by atoms with E-state index in [0.717, 1.165) is 6.54 Å². The van der Waals surface area contributed by atoms with Gasteiger partial charge < -0.3 is 0 Å². The Morgan fingerprint density at radius 2 is 1.37 bits per heavy atom. The third-order valence-electron chi connectivity index (χ3n) is 5.03. The van der Waals surface area contributed by atoms with Crippen molar-refractivity contribution in [2.24, 2.45) is 4.99 Å². The molecule has 0 unspecified atom stereocenters. The Bertz CT molecular complexity index is 1230. The molecule has 0 spiro atoms. The van der Waals surface area contributed by atoms with Gasteiger partial charge in [0.2, 0.25) is 0 Å². The van der Waals surface area contributed by atoms with Gasteiger partial charge in [0.25, 0.3) is 0 Å². The second-order valence-corrected chi connectivity index (χ2v) is 10.0. The van der Waals surface area contributed by atoms with Gasteiger partial charge in [-0.3, -0.25) is 0 Å². The number of aliphatic imine (C=N–C) groups is 1. The van der Waals surface area contributed by atoms with Crippen LogP contribution in [0.1, 0.15) is 5.56 Å². The van der Waals surface area contributed by atoms with Crippen molar-refractivity contribution >= 4 is 63.1 Å². The molecule has 0 amide bonds. The summed E-state index contributed by atoms with van der Waals surface area (Å²) in [7, 11) is 0. The molecule has 5 aromatic rings. The second kappa shape index (κ2) is 7.31. The van der Waals surface area contributed by atoms with Gasteiger partial charge in [-0.2, -0.15) is 0 Å². The minimum absolute atomic E-state index is 0.124. The van der Waals surface area contributed by atoms with Gasteiger partial charge in [0.05, 0.1) is 0 Å². The summed E-state index contributed by atoms with van der Waals surface area (Å²) in [5.41, 5.74) is 1.22. The van der Waals surface area contributed by atoms with Crippen molar-refractivity contribution in [2.75, 3.05) is 6.54 Å². The van der Waals surface area contributed by atoms with Crippen LogP contribution in [0.5, 0.6) is 0 Å². The second-order valence-electron chi connectivity index (χ2n) is 6.71. The fourth-order valence-electron chi connectivity index (χ4n) is 3.77. The number of rotatable bonds is 5. The Balaban J connectivity index is 1.45. The molecule has 0 atom stereocenters. The SMILES string of the molecule is C(=NCC[Te]c1ccccc1)c1ccc2ccc3cccc4ccc1c2c34. The monoisotopic (exact) mass is 463 g/mol. The van der Waals surface area contributed by atoms with Gasteiger partial charge in [0, 0.05) is 0 Å². The van der Waals surface area contributed by atoms with Crippen LogP contribution in [0, 0.1) is 0 Å². The molecule has 0 fully saturated rings. The molecule has 2 heteroatoms. The zero-order valence-corrected chi connectivity index (χ0v) is 17.3. The number of benzene rings is 5. The molecule has 0 aliphatic heterocycles. The molecule has 0 N–H and O–H groups in total. The third-order valence-corrected chi connectivity index (χ3v) is 7.86. The first-order valence-corrected chi connectivity index (χ1v) is 12.1. The van der Waals surface area contributed by atoms with Crippen LogP contribution < -0.4 is 3.61 Å². The van der Waals surface area contributed by atoms with Crippen molar-refractivity contribution in [3.8, 4) is 0 Å². The summed E-state index contributed by atoms with van der Waals surface area (Å²) in [4.78, 5) is 4.75. The van der Waals surface area contributed by atoms with Gasteiger partial charge in [-0.1, -0.05) is 0 Å². The summed E-state index contributed by atoms with van der Waals surface area (Å²) in [6.45, 7) is 0.916. The van der Waals surface area contributed by atoms with Gasteiger partial charge in [0.15, 0.2) is 0 Å². The van der Waals surface area contributed by atoms with Crippen LogP contribution in [0.25, 0.3) is 32.3 Å². The molecule has 0 aliphatic carbocycles. The zero-order chi connectivity index (χ0) is 18.1. The first kappa shape index (κ1) is 16.8. The Hall–Kier alpha value is -2.40. The molecular formula is C25H19NTe. The Labute approximate surface area is 169 Å². The van der Waals surface area contributed by atoms with Crippen LogP contribution in [0.4, 0.5) is 0 Å². The molecule has 0 aromatic heterocycles. The van der Waals surface area contributed by atoms with E-state index in [4.69, 9.17) is 4.99 Å². The first-order chi connectivity index (χ1) is 13.4. The Kier molecular flexibility index (Phi) is 4.54. The van der Waals surface area contributed by atoms with Gasteiger partial charge in [-0.25, -0.2) is 0 Å². The van der Waals surface area contributed by atoms with E-state index >= 15 is 0 Å². The summed E-state index contributed by atoms with van der Waals surface area (Å²) in [6.07, 6.45) is 2.07. The van der Waals surface area contributed by atoms with Crippen molar-refractivity contribution in [1.82, 2.24) is 0 Å². The standard InChI is InChI=1S/C25H19NTe/c1-2-7-22(8-3-1)27-16-15-26-17-21-12-11-20-10-9-18-5-4-6-19-13-14-23(21)25(20)24(18)19/h1-14,17H,15-16H2. The summed E-state index contributed by atoms with van der Waals surface area (Å²) in [5, 5.41) is 7.98. The summed E-state index contributed by atoms with van der Waals surface area (Å²) < 4.78 is 2.72. The molecule has 0 heterocycles. The summed E-state index contributed by atoms with van der Waals surface area (Å²) >= 11 is -0.124. The third kappa shape index (κ3) is 3.21. The van der Waals surface area contributed by atoms with Gasteiger partial charge in [-0.05, 0) is 0 Å².